The lowest BCUT2D eigenvalue weighted by molar-refractivity contribution is 0.0967. The summed E-state index contributed by atoms with van der Waals surface area (Å²) < 4.78 is 5.75. The maximum Gasteiger partial charge on any atom is 0.326 e. The van der Waals surface area contributed by atoms with Gasteiger partial charge in [-0.1, -0.05) is 48.0 Å². The van der Waals surface area contributed by atoms with E-state index in [2.05, 4.69) is 10.6 Å². The van der Waals surface area contributed by atoms with Gasteiger partial charge >= 0.3 is 6.03 Å². The van der Waals surface area contributed by atoms with Gasteiger partial charge < -0.3 is 10.1 Å². The van der Waals surface area contributed by atoms with Gasteiger partial charge in [-0.05, 0) is 54.4 Å². The molecule has 28 heavy (non-hydrogen) atoms. The average molecular weight is 395 g/mol. The Morgan fingerprint density at radius 1 is 0.964 bits per heavy atom. The minimum Gasteiger partial charge on any atom is -0.489 e. The number of anilines is 1. The molecule has 0 heterocycles. The highest BCUT2D eigenvalue weighted by molar-refractivity contribution is 6.34. The number of rotatable bonds is 5. The van der Waals surface area contributed by atoms with Crippen molar-refractivity contribution in [1.82, 2.24) is 5.32 Å². The second kappa shape index (κ2) is 9.06. The van der Waals surface area contributed by atoms with Crippen molar-refractivity contribution in [2.24, 2.45) is 0 Å². The molecule has 0 aliphatic carbocycles. The highest BCUT2D eigenvalue weighted by atomic mass is 35.5. The molecule has 3 amide bonds. The SMILES string of the molecule is Cc1cc(NC(=O)NC(=O)c2ccccc2Cl)ccc1COc1ccccc1. The van der Waals surface area contributed by atoms with Gasteiger partial charge in [0.1, 0.15) is 12.4 Å². The number of imide groups is 1. The van der Waals surface area contributed by atoms with Gasteiger partial charge in [-0.15, -0.1) is 0 Å². The number of benzene rings is 3. The highest BCUT2D eigenvalue weighted by Gasteiger charge is 2.13. The van der Waals surface area contributed by atoms with Crippen LogP contribution in [-0.2, 0) is 6.61 Å². The molecule has 3 rings (SSSR count). The monoisotopic (exact) mass is 394 g/mol. The normalized spacial score (nSPS) is 10.2. The molecule has 0 radical (unpaired) electrons. The van der Waals surface area contributed by atoms with Crippen LogP contribution in [0.2, 0.25) is 5.02 Å². The van der Waals surface area contributed by atoms with E-state index in [9.17, 15) is 9.59 Å². The van der Waals surface area contributed by atoms with Crippen LogP contribution in [0.1, 0.15) is 21.5 Å². The lowest BCUT2D eigenvalue weighted by Crippen LogP contribution is -2.34. The third kappa shape index (κ3) is 5.11. The zero-order chi connectivity index (χ0) is 19.9. The maximum absolute atomic E-state index is 12.1. The van der Waals surface area contributed by atoms with Crippen molar-refractivity contribution >= 4 is 29.2 Å². The molecule has 3 aromatic rings. The molecule has 2 N–H and O–H groups in total. The quantitative estimate of drug-likeness (QED) is 0.625. The first-order chi connectivity index (χ1) is 13.5. The number of aryl methyl sites for hydroxylation is 1. The van der Waals surface area contributed by atoms with Gasteiger partial charge in [0.2, 0.25) is 0 Å². The molecule has 0 aromatic heterocycles. The van der Waals surface area contributed by atoms with Crippen molar-refractivity contribution in [2.75, 3.05) is 5.32 Å². The molecule has 0 saturated heterocycles. The zero-order valence-electron chi connectivity index (χ0n) is 15.2. The minimum atomic E-state index is -0.627. The Labute approximate surface area is 168 Å². The zero-order valence-corrected chi connectivity index (χ0v) is 16.0. The predicted molar refractivity (Wildman–Crippen MR) is 110 cm³/mol. The molecule has 0 atom stereocenters. The lowest BCUT2D eigenvalue weighted by atomic mass is 10.1. The molecule has 0 bridgehead atoms. The Hall–Kier alpha value is -3.31. The summed E-state index contributed by atoms with van der Waals surface area (Å²) in [5.41, 5.74) is 2.78. The van der Waals surface area contributed by atoms with Crippen LogP contribution in [0.5, 0.6) is 5.75 Å². The van der Waals surface area contributed by atoms with Gasteiger partial charge in [0, 0.05) is 5.69 Å². The van der Waals surface area contributed by atoms with E-state index >= 15 is 0 Å². The number of halogens is 1. The number of para-hydroxylation sites is 1. The summed E-state index contributed by atoms with van der Waals surface area (Å²) in [6.07, 6.45) is 0. The third-order valence-corrected chi connectivity index (χ3v) is 4.41. The third-order valence-electron chi connectivity index (χ3n) is 4.08. The fourth-order valence-corrected chi connectivity index (χ4v) is 2.81. The van der Waals surface area contributed by atoms with E-state index in [4.69, 9.17) is 16.3 Å². The fourth-order valence-electron chi connectivity index (χ4n) is 2.59. The van der Waals surface area contributed by atoms with Gasteiger partial charge in [-0.3, -0.25) is 10.1 Å². The molecule has 0 saturated carbocycles. The van der Waals surface area contributed by atoms with Gasteiger partial charge in [-0.25, -0.2) is 4.79 Å². The van der Waals surface area contributed by atoms with Gasteiger partial charge in [0.25, 0.3) is 5.91 Å². The summed E-state index contributed by atoms with van der Waals surface area (Å²) in [4.78, 5) is 24.2. The number of hydrogen-bond donors (Lipinski definition) is 2. The van der Waals surface area contributed by atoms with Crippen molar-refractivity contribution in [1.29, 1.82) is 0 Å². The van der Waals surface area contributed by atoms with Crippen LogP contribution in [0.25, 0.3) is 0 Å². The van der Waals surface area contributed by atoms with E-state index in [0.717, 1.165) is 16.9 Å². The summed E-state index contributed by atoms with van der Waals surface area (Å²) in [6.45, 7) is 2.36. The Kier molecular flexibility index (Phi) is 6.29. The van der Waals surface area contributed by atoms with Crippen LogP contribution < -0.4 is 15.4 Å². The fraction of sp³-hybridized carbons (Fsp3) is 0.0909. The standard InChI is InChI=1S/C22H19ClN2O3/c1-15-13-17(12-11-16(15)14-28-18-7-3-2-4-8-18)24-22(27)25-21(26)19-9-5-6-10-20(19)23/h2-13H,14H2,1H3,(H2,24,25,26,27). The first kappa shape index (κ1) is 19.5. The van der Waals surface area contributed by atoms with Crippen molar-refractivity contribution in [3.63, 3.8) is 0 Å². The predicted octanol–water partition coefficient (Wildman–Crippen LogP) is 5.19. The lowest BCUT2D eigenvalue weighted by Gasteiger charge is -2.12. The topological polar surface area (TPSA) is 67.4 Å². The summed E-state index contributed by atoms with van der Waals surface area (Å²) in [5.74, 6) is 0.231. The Bertz CT molecular complexity index is 990. The minimum absolute atomic E-state index is 0.240. The molecule has 5 nitrogen and oxygen atoms in total. The van der Waals surface area contributed by atoms with Gasteiger partial charge in [0.15, 0.2) is 0 Å². The molecule has 0 aliphatic heterocycles. The summed E-state index contributed by atoms with van der Waals surface area (Å²) in [6, 6.07) is 20.9. The van der Waals surface area contributed by atoms with Crippen LogP contribution in [0.15, 0.2) is 72.8 Å². The van der Waals surface area contributed by atoms with Crippen molar-refractivity contribution in [3.05, 3.63) is 94.5 Å². The van der Waals surface area contributed by atoms with Gasteiger partial charge in [0.05, 0.1) is 10.6 Å². The Morgan fingerprint density at radius 2 is 1.68 bits per heavy atom. The number of nitrogens with one attached hydrogen (secondary N) is 2. The summed E-state index contributed by atoms with van der Waals surface area (Å²) in [5, 5.41) is 5.20. The van der Waals surface area contributed by atoms with Crippen LogP contribution in [0.3, 0.4) is 0 Å². The van der Waals surface area contributed by atoms with E-state index in [0.29, 0.717) is 12.3 Å². The second-order valence-electron chi connectivity index (χ2n) is 6.13. The van der Waals surface area contributed by atoms with Crippen LogP contribution in [0, 0.1) is 6.92 Å². The molecule has 6 heteroatoms. The van der Waals surface area contributed by atoms with E-state index in [-0.39, 0.29) is 10.6 Å². The summed E-state index contributed by atoms with van der Waals surface area (Å²) >= 11 is 5.97. The van der Waals surface area contributed by atoms with E-state index in [1.54, 1.807) is 30.3 Å². The number of amides is 3. The molecular weight excluding hydrogens is 376 g/mol. The largest absolute Gasteiger partial charge is 0.489 e. The van der Waals surface area contributed by atoms with Crippen LogP contribution in [-0.4, -0.2) is 11.9 Å². The average Bonchev–Trinajstić information content (AvgIpc) is 2.68. The molecule has 0 unspecified atom stereocenters. The molecular formula is C22H19ClN2O3. The first-order valence-corrected chi connectivity index (χ1v) is 9.05. The van der Waals surface area contributed by atoms with Crippen LogP contribution in [0.4, 0.5) is 10.5 Å². The number of urea groups is 1. The molecule has 142 valence electrons. The van der Waals surface area contributed by atoms with Crippen molar-refractivity contribution in [3.8, 4) is 5.75 Å². The van der Waals surface area contributed by atoms with E-state index in [1.807, 2.05) is 49.4 Å². The number of carbonyl (C=O) groups is 2. The molecule has 0 spiro atoms. The smallest absolute Gasteiger partial charge is 0.326 e. The molecule has 3 aromatic carbocycles. The number of ether oxygens (including phenoxy) is 1. The summed E-state index contributed by atoms with van der Waals surface area (Å²) in [7, 11) is 0. The Morgan fingerprint density at radius 3 is 2.39 bits per heavy atom. The first-order valence-electron chi connectivity index (χ1n) is 8.67. The van der Waals surface area contributed by atoms with Crippen molar-refractivity contribution in [2.45, 2.75) is 13.5 Å². The van der Waals surface area contributed by atoms with Gasteiger partial charge in [-0.2, -0.15) is 0 Å². The highest BCUT2D eigenvalue weighted by Crippen LogP contribution is 2.18. The van der Waals surface area contributed by atoms with E-state index < -0.39 is 11.9 Å². The molecule has 0 fully saturated rings. The number of hydrogen-bond acceptors (Lipinski definition) is 3. The maximum atomic E-state index is 12.1. The molecule has 0 aliphatic rings. The Balaban J connectivity index is 1.58. The van der Waals surface area contributed by atoms with E-state index in [1.165, 1.54) is 0 Å². The number of carbonyl (C=O) groups excluding carboxylic acids is 2. The van der Waals surface area contributed by atoms with Crippen molar-refractivity contribution < 1.29 is 14.3 Å². The van der Waals surface area contributed by atoms with Crippen LogP contribution >= 0.6 is 11.6 Å². The second-order valence-corrected chi connectivity index (χ2v) is 6.54.